The molecule has 6 heteroatoms. The molecular formula is C12H17N5O. The molecule has 0 fully saturated rings. The van der Waals surface area contributed by atoms with Crippen LogP contribution in [0.25, 0.3) is 11.4 Å². The summed E-state index contributed by atoms with van der Waals surface area (Å²) >= 11 is 0. The van der Waals surface area contributed by atoms with Crippen LogP contribution in [0.1, 0.15) is 6.42 Å². The SMILES string of the molecule is COc1ccc(-c2nnc(NCCCN)[nH]2)cc1. The van der Waals surface area contributed by atoms with E-state index in [1.165, 1.54) is 0 Å². The third kappa shape index (κ3) is 2.98. The largest absolute Gasteiger partial charge is 0.497 e. The molecule has 0 bridgehead atoms. The number of benzene rings is 1. The van der Waals surface area contributed by atoms with Crippen molar-refractivity contribution in [1.82, 2.24) is 15.2 Å². The van der Waals surface area contributed by atoms with E-state index in [1.54, 1.807) is 7.11 Å². The van der Waals surface area contributed by atoms with Crippen molar-refractivity contribution in [3.8, 4) is 17.1 Å². The summed E-state index contributed by atoms with van der Waals surface area (Å²) in [6, 6.07) is 7.64. The van der Waals surface area contributed by atoms with Gasteiger partial charge in [-0.15, -0.1) is 10.2 Å². The molecule has 4 N–H and O–H groups in total. The number of hydrogen-bond acceptors (Lipinski definition) is 5. The van der Waals surface area contributed by atoms with E-state index in [4.69, 9.17) is 10.5 Å². The maximum Gasteiger partial charge on any atom is 0.222 e. The molecule has 1 heterocycles. The maximum absolute atomic E-state index is 5.42. The summed E-state index contributed by atoms with van der Waals surface area (Å²) in [6.45, 7) is 1.44. The van der Waals surface area contributed by atoms with E-state index in [2.05, 4.69) is 20.5 Å². The van der Waals surface area contributed by atoms with Crippen LogP contribution in [0.5, 0.6) is 5.75 Å². The number of anilines is 1. The standard InChI is InChI=1S/C12H17N5O/c1-18-10-5-3-9(4-6-10)11-15-12(17-16-11)14-8-2-7-13/h3-6H,2,7-8,13H2,1H3,(H2,14,15,16,17). The van der Waals surface area contributed by atoms with Gasteiger partial charge in [0.05, 0.1) is 7.11 Å². The Hall–Kier alpha value is -2.08. The lowest BCUT2D eigenvalue weighted by Crippen LogP contribution is -2.09. The minimum Gasteiger partial charge on any atom is -0.497 e. The van der Waals surface area contributed by atoms with Crippen molar-refractivity contribution in [3.05, 3.63) is 24.3 Å². The Morgan fingerprint density at radius 1 is 1.28 bits per heavy atom. The number of nitrogens with zero attached hydrogens (tertiary/aromatic N) is 2. The van der Waals surface area contributed by atoms with E-state index in [0.717, 1.165) is 30.1 Å². The zero-order chi connectivity index (χ0) is 12.8. The topological polar surface area (TPSA) is 88.8 Å². The van der Waals surface area contributed by atoms with Crippen LogP contribution in [-0.4, -0.2) is 35.4 Å². The second kappa shape index (κ2) is 6.02. The first-order valence-electron chi connectivity index (χ1n) is 5.84. The lowest BCUT2D eigenvalue weighted by molar-refractivity contribution is 0.415. The van der Waals surface area contributed by atoms with Crippen molar-refractivity contribution in [2.75, 3.05) is 25.5 Å². The van der Waals surface area contributed by atoms with Crippen LogP contribution >= 0.6 is 0 Å². The van der Waals surface area contributed by atoms with Crippen LogP contribution in [-0.2, 0) is 0 Å². The Kier molecular flexibility index (Phi) is 4.14. The molecule has 0 atom stereocenters. The molecule has 0 unspecified atom stereocenters. The summed E-state index contributed by atoms with van der Waals surface area (Å²) in [5.41, 5.74) is 6.39. The number of nitrogens with one attached hydrogen (secondary N) is 2. The van der Waals surface area contributed by atoms with Gasteiger partial charge in [-0.3, -0.25) is 0 Å². The van der Waals surface area contributed by atoms with Gasteiger partial charge in [0, 0.05) is 12.1 Å². The molecule has 18 heavy (non-hydrogen) atoms. The van der Waals surface area contributed by atoms with Gasteiger partial charge >= 0.3 is 0 Å². The predicted molar refractivity (Wildman–Crippen MR) is 70.5 cm³/mol. The second-order valence-corrected chi connectivity index (χ2v) is 3.82. The minimum atomic E-state index is 0.659. The molecule has 0 aliphatic rings. The molecule has 0 spiro atoms. The fourth-order valence-corrected chi connectivity index (χ4v) is 1.53. The van der Waals surface area contributed by atoms with Gasteiger partial charge in [0.25, 0.3) is 0 Å². The fraction of sp³-hybridized carbons (Fsp3) is 0.333. The van der Waals surface area contributed by atoms with Crippen molar-refractivity contribution in [3.63, 3.8) is 0 Å². The summed E-state index contributed by atoms with van der Waals surface area (Å²) in [7, 11) is 1.64. The van der Waals surface area contributed by atoms with Crippen molar-refractivity contribution >= 4 is 5.95 Å². The van der Waals surface area contributed by atoms with Crippen molar-refractivity contribution in [1.29, 1.82) is 0 Å². The quantitative estimate of drug-likeness (QED) is 0.668. The van der Waals surface area contributed by atoms with Gasteiger partial charge in [0.15, 0.2) is 5.82 Å². The average molecular weight is 247 g/mol. The number of rotatable bonds is 6. The van der Waals surface area contributed by atoms with Crippen LogP contribution in [0.15, 0.2) is 24.3 Å². The van der Waals surface area contributed by atoms with E-state index in [-0.39, 0.29) is 0 Å². The van der Waals surface area contributed by atoms with Gasteiger partial charge in [-0.1, -0.05) is 0 Å². The molecule has 2 aromatic rings. The lowest BCUT2D eigenvalue weighted by Gasteiger charge is -2.00. The van der Waals surface area contributed by atoms with Gasteiger partial charge in [0.2, 0.25) is 5.95 Å². The molecule has 0 saturated carbocycles. The molecule has 0 aliphatic carbocycles. The van der Waals surface area contributed by atoms with Gasteiger partial charge in [-0.2, -0.15) is 0 Å². The molecule has 0 saturated heterocycles. The molecular weight excluding hydrogens is 230 g/mol. The minimum absolute atomic E-state index is 0.659. The van der Waals surface area contributed by atoms with Gasteiger partial charge in [-0.25, -0.2) is 0 Å². The highest BCUT2D eigenvalue weighted by Crippen LogP contribution is 2.19. The number of nitrogens with two attached hydrogens (primary N) is 1. The van der Waals surface area contributed by atoms with Crippen LogP contribution in [0.2, 0.25) is 0 Å². The van der Waals surface area contributed by atoms with E-state index in [1.807, 2.05) is 24.3 Å². The lowest BCUT2D eigenvalue weighted by atomic mass is 10.2. The third-order valence-electron chi connectivity index (χ3n) is 2.52. The van der Waals surface area contributed by atoms with Gasteiger partial charge in [-0.05, 0) is 37.2 Å². The number of ether oxygens (including phenoxy) is 1. The molecule has 0 aliphatic heterocycles. The van der Waals surface area contributed by atoms with E-state index in [0.29, 0.717) is 12.5 Å². The molecule has 96 valence electrons. The summed E-state index contributed by atoms with van der Waals surface area (Å²) in [6.07, 6.45) is 0.901. The maximum atomic E-state index is 5.42. The molecule has 6 nitrogen and oxygen atoms in total. The first kappa shape index (κ1) is 12.4. The number of aromatic amines is 1. The fourth-order valence-electron chi connectivity index (χ4n) is 1.53. The van der Waals surface area contributed by atoms with Crippen LogP contribution in [0.4, 0.5) is 5.95 Å². The Morgan fingerprint density at radius 2 is 2.06 bits per heavy atom. The van der Waals surface area contributed by atoms with Crippen molar-refractivity contribution < 1.29 is 4.74 Å². The summed E-state index contributed by atoms with van der Waals surface area (Å²) < 4.78 is 5.11. The Balaban J connectivity index is 2.04. The highest BCUT2D eigenvalue weighted by Gasteiger charge is 2.04. The van der Waals surface area contributed by atoms with Gasteiger partial charge in [0.1, 0.15) is 5.75 Å². The Morgan fingerprint density at radius 3 is 2.72 bits per heavy atom. The second-order valence-electron chi connectivity index (χ2n) is 3.82. The molecule has 0 amide bonds. The number of H-pyrrole nitrogens is 1. The van der Waals surface area contributed by atoms with Crippen molar-refractivity contribution in [2.45, 2.75) is 6.42 Å². The normalized spacial score (nSPS) is 10.3. The third-order valence-corrected chi connectivity index (χ3v) is 2.52. The summed E-state index contributed by atoms with van der Waals surface area (Å²) in [4.78, 5) is 3.11. The summed E-state index contributed by atoms with van der Waals surface area (Å²) in [5.74, 6) is 2.21. The number of hydrogen-bond donors (Lipinski definition) is 3. The average Bonchev–Trinajstić information content (AvgIpc) is 2.88. The van der Waals surface area contributed by atoms with Gasteiger partial charge < -0.3 is 20.8 Å². The summed E-state index contributed by atoms with van der Waals surface area (Å²) in [5, 5.41) is 11.2. The highest BCUT2D eigenvalue weighted by molar-refractivity contribution is 5.57. The van der Waals surface area contributed by atoms with E-state index >= 15 is 0 Å². The van der Waals surface area contributed by atoms with Crippen LogP contribution in [0.3, 0.4) is 0 Å². The van der Waals surface area contributed by atoms with E-state index < -0.39 is 0 Å². The smallest absolute Gasteiger partial charge is 0.222 e. The molecule has 1 aromatic heterocycles. The van der Waals surface area contributed by atoms with E-state index in [9.17, 15) is 0 Å². The molecule has 2 rings (SSSR count). The number of aromatic nitrogens is 3. The van der Waals surface area contributed by atoms with Crippen LogP contribution < -0.4 is 15.8 Å². The Labute approximate surface area is 106 Å². The monoisotopic (exact) mass is 247 g/mol. The first-order valence-corrected chi connectivity index (χ1v) is 5.84. The zero-order valence-electron chi connectivity index (χ0n) is 10.3. The van der Waals surface area contributed by atoms with Crippen LogP contribution in [0, 0.1) is 0 Å². The van der Waals surface area contributed by atoms with Crippen molar-refractivity contribution in [2.24, 2.45) is 5.73 Å². The zero-order valence-corrected chi connectivity index (χ0v) is 10.3. The molecule has 0 radical (unpaired) electrons. The highest BCUT2D eigenvalue weighted by atomic mass is 16.5. The molecule has 1 aromatic carbocycles. The Bertz CT molecular complexity index is 479. The predicted octanol–water partition coefficient (Wildman–Crippen LogP) is 1.24. The first-order chi connectivity index (χ1) is 8.83. The number of methoxy groups -OCH3 is 1.